The Bertz CT molecular complexity index is 101. The monoisotopic (exact) mass is 294 g/mol. The van der Waals surface area contributed by atoms with Crippen molar-refractivity contribution in [1.29, 1.82) is 0 Å². The summed E-state index contributed by atoms with van der Waals surface area (Å²) >= 11 is 4.66. The molecule has 0 aliphatic heterocycles. The molecule has 0 aliphatic carbocycles. The van der Waals surface area contributed by atoms with Crippen LogP contribution >= 0.6 is 34.2 Å². The molecular formula is C3HClF5I. The Hall–Kier alpha value is 0.670. The van der Waals surface area contributed by atoms with Gasteiger partial charge < -0.3 is 0 Å². The lowest BCUT2D eigenvalue weighted by Gasteiger charge is -2.17. The van der Waals surface area contributed by atoms with E-state index in [-0.39, 0.29) is 0 Å². The second-order valence-corrected chi connectivity index (χ2v) is 3.20. The van der Waals surface area contributed by atoms with Crippen LogP contribution in [0, 0.1) is 0 Å². The van der Waals surface area contributed by atoms with E-state index in [2.05, 4.69) is 11.6 Å². The Balaban J connectivity index is 4.23. The Labute approximate surface area is 71.9 Å². The Morgan fingerprint density at radius 1 is 1.10 bits per heavy atom. The summed E-state index contributed by atoms with van der Waals surface area (Å²) in [5.74, 6) is 0. The molecule has 62 valence electrons. The van der Waals surface area contributed by atoms with Crippen LogP contribution in [0.5, 0.6) is 0 Å². The highest BCUT2D eigenvalue weighted by Gasteiger charge is 2.53. The lowest BCUT2D eigenvalue weighted by molar-refractivity contribution is -0.154. The third-order valence-corrected chi connectivity index (χ3v) is 2.65. The van der Waals surface area contributed by atoms with Crippen LogP contribution in [0.1, 0.15) is 0 Å². The summed E-state index contributed by atoms with van der Waals surface area (Å²) in [4.78, 5) is 0. The van der Waals surface area contributed by atoms with Crippen LogP contribution in [0.15, 0.2) is 0 Å². The Morgan fingerprint density at radius 2 is 1.40 bits per heavy atom. The third kappa shape index (κ3) is 3.18. The zero-order valence-electron chi connectivity index (χ0n) is 4.22. The van der Waals surface area contributed by atoms with Gasteiger partial charge in [0.05, 0.1) is 0 Å². The molecule has 0 unspecified atom stereocenters. The van der Waals surface area contributed by atoms with E-state index in [1.54, 1.807) is 0 Å². The van der Waals surface area contributed by atoms with Gasteiger partial charge in [-0.25, -0.2) is 0 Å². The molecule has 0 spiro atoms. The molecule has 0 nitrogen and oxygen atoms in total. The first-order valence-corrected chi connectivity index (χ1v) is 3.55. The van der Waals surface area contributed by atoms with Crippen molar-refractivity contribution in [2.45, 2.75) is 15.5 Å². The van der Waals surface area contributed by atoms with Crippen LogP contribution in [0.25, 0.3) is 0 Å². The van der Waals surface area contributed by atoms with E-state index >= 15 is 0 Å². The van der Waals surface area contributed by atoms with Crippen LogP contribution in [0.3, 0.4) is 0 Å². The Morgan fingerprint density at radius 3 is 1.40 bits per heavy atom. The molecule has 7 heteroatoms. The van der Waals surface area contributed by atoms with E-state index in [4.69, 9.17) is 0 Å². The molecule has 0 bridgehead atoms. The fourth-order valence-corrected chi connectivity index (χ4v) is 0.309. The van der Waals surface area contributed by atoms with Crippen molar-refractivity contribution in [1.82, 2.24) is 0 Å². The predicted molar refractivity (Wildman–Crippen MR) is 34.7 cm³/mol. The zero-order valence-corrected chi connectivity index (χ0v) is 7.14. The lowest BCUT2D eigenvalue weighted by atomic mass is 10.4. The molecular weight excluding hydrogens is 293 g/mol. The first-order valence-electron chi connectivity index (χ1n) is 1.93. The van der Waals surface area contributed by atoms with Crippen molar-refractivity contribution in [3.8, 4) is 0 Å². The maximum absolute atomic E-state index is 11.6. The van der Waals surface area contributed by atoms with Crippen LogP contribution < -0.4 is 0 Å². The van der Waals surface area contributed by atoms with Gasteiger partial charge in [0.2, 0.25) is 0 Å². The van der Waals surface area contributed by atoms with Gasteiger partial charge in [0, 0.05) is 0 Å². The van der Waals surface area contributed by atoms with E-state index < -0.39 is 15.5 Å². The summed E-state index contributed by atoms with van der Waals surface area (Å²) in [6.07, 6.45) is -4.95. The molecule has 0 aromatic carbocycles. The quantitative estimate of drug-likeness (QED) is 0.396. The molecule has 0 heterocycles. The summed E-state index contributed by atoms with van der Waals surface area (Å²) in [5.41, 5.74) is 0. The molecule has 0 N–H and O–H groups in total. The molecule has 0 amide bonds. The molecule has 1 atom stereocenters. The minimum absolute atomic E-state index is 0.548. The van der Waals surface area contributed by atoms with E-state index in [1.165, 1.54) is 0 Å². The summed E-state index contributed by atoms with van der Waals surface area (Å²) in [7, 11) is 0. The zero-order chi connectivity index (χ0) is 8.58. The van der Waals surface area contributed by atoms with Crippen LogP contribution in [0.2, 0.25) is 0 Å². The highest BCUT2D eigenvalue weighted by molar-refractivity contribution is 14.1. The second kappa shape index (κ2) is 2.96. The van der Waals surface area contributed by atoms with Crippen LogP contribution in [-0.2, 0) is 0 Å². The third-order valence-electron chi connectivity index (χ3n) is 0.575. The van der Waals surface area contributed by atoms with E-state index in [9.17, 15) is 22.0 Å². The second-order valence-electron chi connectivity index (χ2n) is 1.45. The smallest absolute Gasteiger partial charge is 0.187 e. The topological polar surface area (TPSA) is 0 Å². The van der Waals surface area contributed by atoms with Gasteiger partial charge in [-0.3, -0.25) is 0 Å². The molecule has 0 aromatic heterocycles. The summed E-state index contributed by atoms with van der Waals surface area (Å²) in [5, 5.41) is -4.22. The van der Waals surface area contributed by atoms with E-state index in [0.717, 1.165) is 0 Å². The minimum atomic E-state index is -4.95. The van der Waals surface area contributed by atoms with E-state index in [0.29, 0.717) is 22.6 Å². The fraction of sp³-hybridized carbons (Fsp3) is 1.00. The summed E-state index contributed by atoms with van der Waals surface area (Å²) < 4.78 is 54.6. The maximum atomic E-state index is 11.6. The van der Waals surface area contributed by atoms with Gasteiger partial charge in [-0.2, -0.15) is 22.0 Å². The van der Waals surface area contributed by atoms with Crippen molar-refractivity contribution in [3.05, 3.63) is 0 Å². The normalized spacial score (nSPS) is 17.1. The van der Waals surface area contributed by atoms with Gasteiger partial charge in [-0.05, 0) is 11.6 Å². The molecule has 0 rings (SSSR count). The predicted octanol–water partition coefficient (Wildman–Crippen LogP) is 3.18. The molecule has 0 aromatic rings. The summed E-state index contributed by atoms with van der Waals surface area (Å²) in [6.45, 7) is 0. The Kier molecular flexibility index (Phi) is 3.16. The average molecular weight is 294 g/mol. The minimum Gasteiger partial charge on any atom is -0.187 e. The SMILES string of the molecule is FC(F)(F)[C@@H](I)C(F)(F)Cl. The lowest BCUT2D eigenvalue weighted by Crippen LogP contribution is -2.35. The summed E-state index contributed by atoms with van der Waals surface area (Å²) in [6, 6.07) is 0. The highest BCUT2D eigenvalue weighted by Crippen LogP contribution is 2.40. The highest BCUT2D eigenvalue weighted by atomic mass is 127. The first kappa shape index (κ1) is 10.7. The van der Waals surface area contributed by atoms with Crippen molar-refractivity contribution < 1.29 is 22.0 Å². The number of hydrogen-bond acceptors (Lipinski definition) is 0. The fourth-order valence-electron chi connectivity index (χ4n) is 0.186. The van der Waals surface area contributed by atoms with Gasteiger partial charge in [-0.15, -0.1) is 0 Å². The standard InChI is InChI=1S/C3HClF5I/c4-2(5,6)1(10)3(7,8)9/h1H/t1-/m0/s1. The van der Waals surface area contributed by atoms with Crippen molar-refractivity contribution in [2.75, 3.05) is 0 Å². The molecule has 0 radical (unpaired) electrons. The van der Waals surface area contributed by atoms with Gasteiger partial charge in [0.25, 0.3) is 0 Å². The van der Waals surface area contributed by atoms with Gasteiger partial charge in [0.1, 0.15) is 0 Å². The van der Waals surface area contributed by atoms with E-state index in [1.807, 2.05) is 0 Å². The number of rotatable bonds is 1. The van der Waals surface area contributed by atoms with Gasteiger partial charge in [0.15, 0.2) is 3.92 Å². The molecule has 0 aliphatic rings. The molecule has 0 fully saturated rings. The number of halogens is 7. The maximum Gasteiger partial charge on any atom is 0.407 e. The number of hydrogen-bond donors (Lipinski definition) is 0. The molecule has 0 saturated heterocycles. The van der Waals surface area contributed by atoms with Crippen molar-refractivity contribution in [2.24, 2.45) is 0 Å². The van der Waals surface area contributed by atoms with Crippen LogP contribution in [-0.4, -0.2) is 15.5 Å². The van der Waals surface area contributed by atoms with Gasteiger partial charge >= 0.3 is 11.6 Å². The molecule has 10 heavy (non-hydrogen) atoms. The largest absolute Gasteiger partial charge is 0.407 e. The number of alkyl halides is 7. The van der Waals surface area contributed by atoms with Crippen molar-refractivity contribution in [3.63, 3.8) is 0 Å². The average Bonchev–Trinajstić information content (AvgIpc) is 1.59. The van der Waals surface area contributed by atoms with Crippen molar-refractivity contribution >= 4 is 34.2 Å². The first-order chi connectivity index (χ1) is 4.15. The van der Waals surface area contributed by atoms with Gasteiger partial charge in [-0.1, -0.05) is 22.6 Å². The molecule has 0 saturated carbocycles. The van der Waals surface area contributed by atoms with Crippen LogP contribution in [0.4, 0.5) is 22.0 Å².